The molecule has 1 amide bonds. The number of H-pyrrole nitrogens is 1. The van der Waals surface area contributed by atoms with Gasteiger partial charge in [-0.05, 0) is 25.0 Å². The van der Waals surface area contributed by atoms with Gasteiger partial charge in [0.15, 0.2) is 0 Å². The average Bonchev–Trinajstić information content (AvgIpc) is 3.37. The van der Waals surface area contributed by atoms with Crippen LogP contribution in [0.5, 0.6) is 0 Å². The van der Waals surface area contributed by atoms with Crippen LogP contribution in [-0.2, 0) is 4.74 Å². The Morgan fingerprint density at radius 1 is 1.31 bits per heavy atom. The molecular weight excluding hydrogens is 420 g/mol. The van der Waals surface area contributed by atoms with E-state index in [1.807, 2.05) is 12.3 Å². The van der Waals surface area contributed by atoms with Gasteiger partial charge < -0.3 is 20.4 Å². The first-order chi connectivity index (χ1) is 15.5. The second kappa shape index (κ2) is 8.15. The van der Waals surface area contributed by atoms with Gasteiger partial charge in [0.25, 0.3) is 12.3 Å². The summed E-state index contributed by atoms with van der Waals surface area (Å²) in [6, 6.07) is 3.93. The maximum absolute atomic E-state index is 12.4. The number of hydrogen-bond acceptors (Lipinski definition) is 6. The highest BCUT2D eigenvalue weighted by molar-refractivity contribution is 5.95. The van der Waals surface area contributed by atoms with Gasteiger partial charge in [0, 0.05) is 48.3 Å². The molecule has 0 atom stereocenters. The van der Waals surface area contributed by atoms with Gasteiger partial charge in [0.1, 0.15) is 17.0 Å². The lowest BCUT2D eigenvalue weighted by molar-refractivity contribution is 0.0327. The first kappa shape index (κ1) is 20.3. The van der Waals surface area contributed by atoms with Crippen molar-refractivity contribution < 1.29 is 18.3 Å². The molecule has 9 nitrogen and oxygen atoms in total. The van der Waals surface area contributed by atoms with E-state index in [-0.39, 0.29) is 11.8 Å². The topological polar surface area (TPSA) is 109 Å². The standard InChI is InChI=1S/C21H21F2N7O2/c1-32-13-4-12(5-13)28-21-27-7-15-14(6-25-19(15)29-21)11-2-3-18-24-8-16(30(18)10-11)20(31)26-9-17(22)23/h2-3,6-8,10,12-13,17H,4-5,9H2,1H3,(H,26,31)(H2,25,27,28,29)/t12-,13+. The molecule has 166 valence electrons. The van der Waals surface area contributed by atoms with Crippen molar-refractivity contribution in [3.05, 3.63) is 42.6 Å². The maximum atomic E-state index is 12.4. The first-order valence-electron chi connectivity index (χ1n) is 10.2. The van der Waals surface area contributed by atoms with Crippen LogP contribution < -0.4 is 10.6 Å². The number of pyridine rings is 1. The monoisotopic (exact) mass is 441 g/mol. The second-order valence-electron chi connectivity index (χ2n) is 7.72. The minimum Gasteiger partial charge on any atom is -0.381 e. The Labute approximate surface area is 181 Å². The molecule has 3 N–H and O–H groups in total. The van der Waals surface area contributed by atoms with Crippen LogP contribution in [-0.4, -0.2) is 62.5 Å². The molecule has 32 heavy (non-hydrogen) atoms. The summed E-state index contributed by atoms with van der Waals surface area (Å²) in [5.74, 6) is -0.0619. The van der Waals surface area contributed by atoms with Crippen molar-refractivity contribution in [3.8, 4) is 11.1 Å². The number of nitrogens with zero attached hydrogens (tertiary/aromatic N) is 4. The van der Waals surface area contributed by atoms with Crippen molar-refractivity contribution in [2.45, 2.75) is 31.4 Å². The number of methoxy groups -OCH3 is 1. The van der Waals surface area contributed by atoms with Crippen molar-refractivity contribution in [2.24, 2.45) is 0 Å². The molecule has 1 aliphatic rings. The van der Waals surface area contributed by atoms with Gasteiger partial charge in [-0.25, -0.2) is 18.7 Å². The fourth-order valence-electron chi connectivity index (χ4n) is 3.84. The van der Waals surface area contributed by atoms with Gasteiger partial charge in [-0.2, -0.15) is 4.98 Å². The number of rotatable bonds is 7. The molecule has 4 heterocycles. The molecule has 11 heteroatoms. The molecule has 4 aromatic heterocycles. The summed E-state index contributed by atoms with van der Waals surface area (Å²) in [6.07, 6.45) is 6.19. The number of carbonyl (C=O) groups excluding carboxylic acids is 1. The van der Waals surface area contributed by atoms with Crippen LogP contribution in [0, 0.1) is 0 Å². The number of alkyl halides is 2. The van der Waals surface area contributed by atoms with E-state index >= 15 is 0 Å². The lowest BCUT2D eigenvalue weighted by Crippen LogP contribution is -2.40. The minimum atomic E-state index is -2.62. The molecule has 0 aliphatic heterocycles. The largest absolute Gasteiger partial charge is 0.381 e. The van der Waals surface area contributed by atoms with Crippen LogP contribution in [0.2, 0.25) is 0 Å². The summed E-state index contributed by atoms with van der Waals surface area (Å²) >= 11 is 0. The van der Waals surface area contributed by atoms with E-state index < -0.39 is 18.9 Å². The number of fused-ring (bicyclic) bond motifs is 2. The smallest absolute Gasteiger partial charge is 0.270 e. The average molecular weight is 441 g/mol. The lowest BCUT2D eigenvalue weighted by Gasteiger charge is -2.34. The van der Waals surface area contributed by atoms with Gasteiger partial charge in [0.05, 0.1) is 18.8 Å². The molecule has 0 aromatic carbocycles. The third-order valence-electron chi connectivity index (χ3n) is 5.66. The zero-order chi connectivity index (χ0) is 22.2. The number of amides is 1. The highest BCUT2D eigenvalue weighted by Gasteiger charge is 2.29. The molecule has 0 bridgehead atoms. The van der Waals surface area contributed by atoms with E-state index in [1.165, 1.54) is 6.20 Å². The van der Waals surface area contributed by atoms with E-state index in [0.29, 0.717) is 23.3 Å². The van der Waals surface area contributed by atoms with E-state index in [9.17, 15) is 13.6 Å². The number of anilines is 1. The number of ether oxygens (including phenoxy) is 1. The molecule has 1 aliphatic carbocycles. The van der Waals surface area contributed by atoms with Crippen molar-refractivity contribution in [3.63, 3.8) is 0 Å². The summed E-state index contributed by atoms with van der Waals surface area (Å²) in [5, 5.41) is 6.34. The molecule has 0 unspecified atom stereocenters. The summed E-state index contributed by atoms with van der Waals surface area (Å²) in [7, 11) is 1.71. The van der Waals surface area contributed by atoms with Crippen LogP contribution in [0.1, 0.15) is 23.3 Å². The highest BCUT2D eigenvalue weighted by atomic mass is 19.3. The van der Waals surface area contributed by atoms with Crippen LogP contribution in [0.15, 0.2) is 36.9 Å². The van der Waals surface area contributed by atoms with Crippen LogP contribution in [0.3, 0.4) is 0 Å². The van der Waals surface area contributed by atoms with Crippen molar-refractivity contribution in [2.75, 3.05) is 19.0 Å². The Bertz CT molecular complexity index is 1280. The Hall–Kier alpha value is -3.60. The van der Waals surface area contributed by atoms with Gasteiger partial charge >= 0.3 is 0 Å². The van der Waals surface area contributed by atoms with Crippen molar-refractivity contribution in [1.82, 2.24) is 29.7 Å². The predicted octanol–water partition coefficient (Wildman–Crippen LogP) is 2.86. The van der Waals surface area contributed by atoms with E-state index in [4.69, 9.17) is 4.74 Å². The number of carbonyl (C=O) groups is 1. The van der Waals surface area contributed by atoms with Crippen LogP contribution in [0.4, 0.5) is 14.7 Å². The van der Waals surface area contributed by atoms with Crippen LogP contribution >= 0.6 is 0 Å². The minimum absolute atomic E-state index is 0.180. The number of hydrogen-bond donors (Lipinski definition) is 3. The van der Waals surface area contributed by atoms with Gasteiger partial charge in [-0.3, -0.25) is 9.20 Å². The van der Waals surface area contributed by atoms with Gasteiger partial charge in [-0.1, -0.05) is 0 Å². The lowest BCUT2D eigenvalue weighted by atomic mass is 9.89. The van der Waals surface area contributed by atoms with E-state index in [2.05, 4.69) is 30.6 Å². The van der Waals surface area contributed by atoms with Crippen LogP contribution in [0.25, 0.3) is 27.8 Å². The number of aromatic nitrogens is 5. The van der Waals surface area contributed by atoms with Crippen molar-refractivity contribution in [1.29, 1.82) is 0 Å². The fraction of sp³-hybridized carbons (Fsp3) is 0.333. The molecule has 4 aromatic rings. The quantitative estimate of drug-likeness (QED) is 0.407. The number of nitrogens with one attached hydrogen (secondary N) is 3. The maximum Gasteiger partial charge on any atom is 0.270 e. The summed E-state index contributed by atoms with van der Waals surface area (Å²) in [5.41, 5.74) is 3.05. The Balaban J connectivity index is 1.41. The summed E-state index contributed by atoms with van der Waals surface area (Å²) in [4.78, 5) is 28.6. The second-order valence-corrected chi connectivity index (χ2v) is 7.72. The molecule has 0 spiro atoms. The fourth-order valence-corrected chi connectivity index (χ4v) is 3.84. The van der Waals surface area contributed by atoms with Gasteiger partial charge in [0.2, 0.25) is 5.95 Å². The number of aromatic amines is 1. The molecule has 0 radical (unpaired) electrons. The normalized spacial score (nSPS) is 18.2. The summed E-state index contributed by atoms with van der Waals surface area (Å²) < 4.78 is 31.8. The Kier molecular flexibility index (Phi) is 5.17. The first-order valence-corrected chi connectivity index (χ1v) is 10.2. The summed E-state index contributed by atoms with van der Waals surface area (Å²) in [6.45, 7) is -0.713. The Morgan fingerprint density at radius 2 is 2.16 bits per heavy atom. The van der Waals surface area contributed by atoms with E-state index in [1.54, 1.807) is 30.0 Å². The predicted molar refractivity (Wildman–Crippen MR) is 114 cm³/mol. The zero-order valence-corrected chi connectivity index (χ0v) is 17.2. The third kappa shape index (κ3) is 3.75. The highest BCUT2D eigenvalue weighted by Crippen LogP contribution is 2.30. The molecular formula is C21H21F2N7O2. The molecule has 0 saturated heterocycles. The number of halogens is 2. The van der Waals surface area contributed by atoms with Gasteiger partial charge in [-0.15, -0.1) is 0 Å². The molecule has 1 saturated carbocycles. The zero-order valence-electron chi connectivity index (χ0n) is 17.2. The Morgan fingerprint density at radius 3 is 2.94 bits per heavy atom. The molecule has 1 fully saturated rings. The molecule has 5 rings (SSSR count). The number of imidazole rings is 1. The van der Waals surface area contributed by atoms with Crippen molar-refractivity contribution >= 4 is 28.5 Å². The van der Waals surface area contributed by atoms with E-state index in [0.717, 1.165) is 29.4 Å². The third-order valence-corrected chi connectivity index (χ3v) is 5.66. The SMILES string of the molecule is CO[C@H]1C[C@@H](Nc2ncc3c(-c4ccc5ncc(C(=O)NCC(F)F)n5c4)c[nH]c3n2)C1.